The van der Waals surface area contributed by atoms with Gasteiger partial charge in [0.15, 0.2) is 0 Å². The molecular weight excluding hydrogens is 266 g/mol. The number of para-hydroxylation sites is 1. The summed E-state index contributed by atoms with van der Waals surface area (Å²) in [6.45, 7) is 0.435. The normalized spacial score (nSPS) is 10.2. The number of carboxylic acids is 1. The first-order valence-corrected chi connectivity index (χ1v) is 5.71. The molecule has 2 rings (SSSR count). The van der Waals surface area contributed by atoms with Gasteiger partial charge in [0.1, 0.15) is 18.6 Å². The van der Waals surface area contributed by atoms with E-state index >= 15 is 0 Å². The number of aromatic carboxylic acids is 1. The van der Waals surface area contributed by atoms with Gasteiger partial charge in [-0.05, 0) is 12.1 Å². The van der Waals surface area contributed by atoms with Gasteiger partial charge < -0.3 is 9.84 Å². The molecule has 0 aliphatic rings. The Kier molecular flexibility index (Phi) is 3.94. The monoisotopic (exact) mass is 277 g/mol. The number of nitrogens with zero attached hydrogens (tertiary/aromatic N) is 3. The fraction of sp³-hybridized carbons (Fsp3) is 0.167. The van der Waals surface area contributed by atoms with E-state index in [1.807, 2.05) is 18.2 Å². The Labute approximate surface area is 113 Å². The molecule has 0 unspecified atom stereocenters. The van der Waals surface area contributed by atoms with Gasteiger partial charge in [-0.15, -0.1) is 0 Å². The van der Waals surface area contributed by atoms with Crippen LogP contribution in [0.25, 0.3) is 0 Å². The first kappa shape index (κ1) is 13.5. The number of carbonyl (C=O) groups is 1. The topological polar surface area (TPSA) is 107 Å². The predicted octanol–water partition coefficient (Wildman–Crippen LogP) is 1.57. The van der Waals surface area contributed by atoms with Crippen molar-refractivity contribution in [2.24, 2.45) is 0 Å². The second kappa shape index (κ2) is 5.83. The SMILES string of the molecule is O=C(O)c1nn(CCOc2ccccc2)cc1[N+](=O)[O-]. The number of carboxylic acid groups (broad SMARTS) is 1. The van der Waals surface area contributed by atoms with Gasteiger partial charge in [-0.25, -0.2) is 4.79 Å². The van der Waals surface area contributed by atoms with Gasteiger partial charge in [0.2, 0.25) is 5.69 Å². The number of hydrogen-bond donors (Lipinski definition) is 1. The fourth-order valence-electron chi connectivity index (χ4n) is 1.59. The average Bonchev–Trinajstić information content (AvgIpc) is 2.85. The van der Waals surface area contributed by atoms with Gasteiger partial charge in [0, 0.05) is 0 Å². The van der Waals surface area contributed by atoms with Gasteiger partial charge in [0.25, 0.3) is 0 Å². The minimum absolute atomic E-state index is 0.211. The Hall–Kier alpha value is -2.90. The van der Waals surface area contributed by atoms with Crippen LogP contribution >= 0.6 is 0 Å². The van der Waals surface area contributed by atoms with Crippen LogP contribution in [0.1, 0.15) is 10.5 Å². The van der Waals surface area contributed by atoms with Crippen molar-refractivity contribution >= 4 is 11.7 Å². The number of ether oxygens (including phenoxy) is 1. The van der Waals surface area contributed by atoms with Crippen LogP contribution in [0.15, 0.2) is 36.5 Å². The Morgan fingerprint density at radius 1 is 1.40 bits per heavy atom. The van der Waals surface area contributed by atoms with Crippen LogP contribution < -0.4 is 4.74 Å². The van der Waals surface area contributed by atoms with E-state index in [0.29, 0.717) is 5.75 Å². The summed E-state index contributed by atoms with van der Waals surface area (Å²) in [5.74, 6) is -0.771. The average molecular weight is 277 g/mol. The highest BCUT2D eigenvalue weighted by Gasteiger charge is 2.24. The number of benzene rings is 1. The van der Waals surface area contributed by atoms with Crippen LogP contribution in [0.4, 0.5) is 5.69 Å². The molecule has 0 atom stereocenters. The second-order valence-corrected chi connectivity index (χ2v) is 3.85. The lowest BCUT2D eigenvalue weighted by atomic mass is 10.3. The zero-order valence-electron chi connectivity index (χ0n) is 10.3. The van der Waals surface area contributed by atoms with Gasteiger partial charge in [0.05, 0.1) is 11.5 Å². The second-order valence-electron chi connectivity index (χ2n) is 3.85. The van der Waals surface area contributed by atoms with Crippen molar-refractivity contribution in [1.82, 2.24) is 9.78 Å². The van der Waals surface area contributed by atoms with Gasteiger partial charge in [-0.1, -0.05) is 18.2 Å². The van der Waals surface area contributed by atoms with Crippen LogP contribution in [-0.2, 0) is 6.54 Å². The summed E-state index contributed by atoms with van der Waals surface area (Å²) in [5, 5.41) is 23.2. The van der Waals surface area contributed by atoms with E-state index in [9.17, 15) is 14.9 Å². The molecule has 8 nitrogen and oxygen atoms in total. The van der Waals surface area contributed by atoms with Crippen molar-refractivity contribution in [1.29, 1.82) is 0 Å². The van der Waals surface area contributed by atoms with Gasteiger partial charge >= 0.3 is 11.7 Å². The summed E-state index contributed by atoms with van der Waals surface area (Å²) in [5.41, 5.74) is -1.10. The van der Waals surface area contributed by atoms with Gasteiger partial charge in [-0.2, -0.15) is 5.10 Å². The molecule has 1 aromatic heterocycles. The predicted molar refractivity (Wildman–Crippen MR) is 67.8 cm³/mol. The van der Waals surface area contributed by atoms with Crippen molar-refractivity contribution in [3.63, 3.8) is 0 Å². The minimum atomic E-state index is -1.43. The van der Waals surface area contributed by atoms with Crippen LogP contribution in [0.2, 0.25) is 0 Å². The third-order valence-electron chi connectivity index (χ3n) is 2.47. The highest BCUT2D eigenvalue weighted by atomic mass is 16.6. The summed E-state index contributed by atoms with van der Waals surface area (Å²) in [6.07, 6.45) is 1.08. The highest BCUT2D eigenvalue weighted by molar-refractivity contribution is 5.89. The van der Waals surface area contributed by atoms with Crippen LogP contribution in [0.5, 0.6) is 5.75 Å². The van der Waals surface area contributed by atoms with Crippen molar-refractivity contribution in [2.45, 2.75) is 6.54 Å². The molecule has 1 heterocycles. The minimum Gasteiger partial charge on any atom is -0.492 e. The molecule has 0 bridgehead atoms. The number of nitro groups is 1. The van der Waals surface area contributed by atoms with E-state index in [2.05, 4.69) is 5.10 Å². The summed E-state index contributed by atoms with van der Waals surface area (Å²) < 4.78 is 6.59. The Morgan fingerprint density at radius 3 is 2.65 bits per heavy atom. The van der Waals surface area contributed by atoms with Gasteiger partial charge in [-0.3, -0.25) is 14.8 Å². The summed E-state index contributed by atoms with van der Waals surface area (Å²) in [4.78, 5) is 20.7. The lowest BCUT2D eigenvalue weighted by Gasteiger charge is -2.05. The fourth-order valence-corrected chi connectivity index (χ4v) is 1.59. The van der Waals surface area contributed by atoms with E-state index < -0.39 is 22.3 Å². The number of hydrogen-bond acceptors (Lipinski definition) is 5. The molecule has 0 fully saturated rings. The molecular formula is C12H11N3O5. The van der Waals surface area contributed by atoms with Crippen LogP contribution in [0.3, 0.4) is 0 Å². The summed E-state index contributed by atoms with van der Waals surface area (Å²) in [6, 6.07) is 9.03. The third kappa shape index (κ3) is 3.10. The Balaban J connectivity index is 2.01. The third-order valence-corrected chi connectivity index (χ3v) is 2.47. The molecule has 104 valence electrons. The smallest absolute Gasteiger partial charge is 0.363 e. The molecule has 0 radical (unpaired) electrons. The number of aromatic nitrogens is 2. The van der Waals surface area contributed by atoms with Crippen molar-refractivity contribution < 1.29 is 19.6 Å². The van der Waals surface area contributed by atoms with Crippen molar-refractivity contribution in [2.75, 3.05) is 6.61 Å². The molecule has 0 saturated heterocycles. The van der Waals surface area contributed by atoms with Crippen LogP contribution in [-0.4, -0.2) is 32.4 Å². The molecule has 0 amide bonds. The molecule has 1 aromatic carbocycles. The summed E-state index contributed by atoms with van der Waals surface area (Å²) >= 11 is 0. The maximum Gasteiger partial charge on any atom is 0.363 e. The largest absolute Gasteiger partial charge is 0.492 e. The lowest BCUT2D eigenvalue weighted by molar-refractivity contribution is -0.385. The highest BCUT2D eigenvalue weighted by Crippen LogP contribution is 2.16. The summed E-state index contributed by atoms with van der Waals surface area (Å²) in [7, 11) is 0. The van der Waals surface area contributed by atoms with E-state index in [-0.39, 0.29) is 13.2 Å². The molecule has 0 saturated carbocycles. The van der Waals surface area contributed by atoms with E-state index in [4.69, 9.17) is 9.84 Å². The van der Waals surface area contributed by atoms with Crippen molar-refractivity contribution in [3.8, 4) is 5.75 Å². The van der Waals surface area contributed by atoms with E-state index in [0.717, 1.165) is 6.20 Å². The quantitative estimate of drug-likeness (QED) is 0.634. The molecule has 20 heavy (non-hydrogen) atoms. The standard InChI is InChI=1S/C12H11N3O5/c16-12(17)11-10(15(18)19)8-14(13-11)6-7-20-9-4-2-1-3-5-9/h1-5,8H,6-7H2,(H,16,17). The maximum absolute atomic E-state index is 10.8. The molecule has 0 aliphatic heterocycles. The van der Waals surface area contributed by atoms with Crippen LogP contribution in [0, 0.1) is 10.1 Å². The molecule has 8 heteroatoms. The van der Waals surface area contributed by atoms with Crippen molar-refractivity contribution in [3.05, 3.63) is 52.3 Å². The lowest BCUT2D eigenvalue weighted by Crippen LogP contribution is -2.09. The first-order valence-electron chi connectivity index (χ1n) is 5.71. The van der Waals surface area contributed by atoms with E-state index in [1.54, 1.807) is 12.1 Å². The Morgan fingerprint density at radius 2 is 2.10 bits per heavy atom. The molecule has 0 spiro atoms. The first-order chi connectivity index (χ1) is 9.58. The zero-order chi connectivity index (χ0) is 14.5. The molecule has 0 aliphatic carbocycles. The molecule has 1 N–H and O–H groups in total. The number of rotatable bonds is 6. The molecule has 2 aromatic rings. The zero-order valence-corrected chi connectivity index (χ0v) is 10.3. The Bertz CT molecular complexity index is 592. The van der Waals surface area contributed by atoms with E-state index in [1.165, 1.54) is 4.68 Å². The maximum atomic E-state index is 10.8.